The highest BCUT2D eigenvalue weighted by Crippen LogP contribution is 2.61. The van der Waals surface area contributed by atoms with Crippen LogP contribution in [0.2, 0.25) is 5.02 Å². The number of halogens is 4. The molecule has 0 spiro atoms. The maximum atomic E-state index is 13.1. The lowest BCUT2D eigenvalue weighted by molar-refractivity contribution is -0.154. The van der Waals surface area contributed by atoms with Gasteiger partial charge in [0, 0.05) is 28.9 Å². The number of benzene rings is 2. The van der Waals surface area contributed by atoms with Crippen molar-refractivity contribution in [1.82, 2.24) is 30.9 Å². The van der Waals surface area contributed by atoms with Crippen LogP contribution in [0.4, 0.5) is 30.8 Å². The van der Waals surface area contributed by atoms with E-state index in [1.807, 2.05) is 12.1 Å². The van der Waals surface area contributed by atoms with Gasteiger partial charge >= 0.3 is 30.0 Å². The topological polar surface area (TPSA) is 186 Å². The third-order valence-electron chi connectivity index (χ3n) is 11.3. The first kappa shape index (κ1) is 40.5. The Balaban J connectivity index is 1.04. The number of esters is 1. The van der Waals surface area contributed by atoms with Crippen LogP contribution in [0.3, 0.4) is 0 Å². The van der Waals surface area contributed by atoms with Crippen LogP contribution in [0.1, 0.15) is 68.8 Å². The molecule has 4 saturated carbocycles. The van der Waals surface area contributed by atoms with Gasteiger partial charge in [0.2, 0.25) is 11.9 Å². The number of rotatable bonds is 14. The number of amides is 3. The van der Waals surface area contributed by atoms with Crippen molar-refractivity contribution in [2.45, 2.75) is 76.7 Å². The molecule has 4 aliphatic rings. The number of aromatic nitrogens is 3. The highest BCUT2D eigenvalue weighted by Gasteiger charge is 2.56. The van der Waals surface area contributed by atoms with Crippen molar-refractivity contribution in [2.75, 3.05) is 30.9 Å². The van der Waals surface area contributed by atoms with E-state index in [4.69, 9.17) is 21.1 Å². The molecule has 0 radical (unpaired) electrons. The predicted molar refractivity (Wildman–Crippen MR) is 199 cm³/mol. The summed E-state index contributed by atoms with van der Waals surface area (Å²) in [5.41, 5.74) is 1.11. The molecule has 5 N–H and O–H groups in total. The van der Waals surface area contributed by atoms with Gasteiger partial charge in [-0.05, 0) is 97.2 Å². The van der Waals surface area contributed by atoms with Gasteiger partial charge in [0.25, 0.3) is 5.91 Å². The predicted octanol–water partition coefficient (Wildman–Crippen LogP) is 5.28. The van der Waals surface area contributed by atoms with Gasteiger partial charge in [0.1, 0.15) is 6.04 Å². The molecule has 4 fully saturated rings. The molecule has 0 aliphatic heterocycles. The molecular formula is C38H44ClF3N8O6. The third kappa shape index (κ3) is 9.42. The Kier molecular flexibility index (Phi) is 11.6. The van der Waals surface area contributed by atoms with Crippen molar-refractivity contribution >= 4 is 52.9 Å². The van der Waals surface area contributed by atoms with Gasteiger partial charge in [-0.2, -0.15) is 28.1 Å². The zero-order valence-corrected chi connectivity index (χ0v) is 32.0. The number of nitrogens with one attached hydrogen (secondary N) is 5. The molecule has 3 aromatic rings. The standard InChI is InChI=1S/C38H44ClF3N8O6/c1-20-26-17-23(36(26,2)3)18-28(20)46-31(53)30(52)43-16-13-27(32(54)55-4)45-29(51)21-5-11-25(12-6-21)44-33-47-34(49-35(48-33)56-19-38(40,41)42)50-37(14-15-37)22-7-9-24(39)10-8-22/h5-12,20,23,26-28H,13-19H2,1-4H3,(H,43,52)(H,45,51)(H,46,53)(H2,44,47,48,49,50)/t20-,23-,26-,27-,28-/m0/s1. The molecule has 0 unspecified atom stereocenters. The molecule has 1 heterocycles. The van der Waals surface area contributed by atoms with Gasteiger partial charge < -0.3 is 36.1 Å². The lowest BCUT2D eigenvalue weighted by atomic mass is 9.45. The molecule has 2 aromatic carbocycles. The normalized spacial score (nSPS) is 22.0. The lowest BCUT2D eigenvalue weighted by Gasteiger charge is -2.62. The van der Waals surface area contributed by atoms with Crippen LogP contribution < -0.4 is 31.3 Å². The fraction of sp³-hybridized carbons (Fsp3) is 0.500. The fourth-order valence-corrected chi connectivity index (χ4v) is 7.85. The van der Waals surface area contributed by atoms with Gasteiger partial charge in [0.15, 0.2) is 6.61 Å². The Labute approximate surface area is 326 Å². The summed E-state index contributed by atoms with van der Waals surface area (Å²) >= 11 is 6.04. The zero-order chi connectivity index (χ0) is 40.4. The second-order valence-electron chi connectivity index (χ2n) is 15.2. The summed E-state index contributed by atoms with van der Waals surface area (Å²) in [6.45, 7) is 4.89. The number of carbonyl (C=O) groups is 4. The Hall–Kier alpha value is -5.19. The molecule has 300 valence electrons. The number of methoxy groups -OCH3 is 1. The van der Waals surface area contributed by atoms with E-state index in [2.05, 4.69) is 62.3 Å². The van der Waals surface area contributed by atoms with E-state index >= 15 is 0 Å². The Morgan fingerprint density at radius 3 is 2.23 bits per heavy atom. The molecule has 14 nitrogen and oxygen atoms in total. The minimum Gasteiger partial charge on any atom is -0.467 e. The molecule has 0 saturated heterocycles. The quantitative estimate of drug-likeness (QED) is 0.106. The van der Waals surface area contributed by atoms with E-state index in [0.29, 0.717) is 35.4 Å². The van der Waals surface area contributed by atoms with Crippen LogP contribution in [0.25, 0.3) is 0 Å². The van der Waals surface area contributed by atoms with Crippen molar-refractivity contribution in [3.63, 3.8) is 0 Å². The van der Waals surface area contributed by atoms with Crippen LogP contribution in [0, 0.1) is 23.2 Å². The van der Waals surface area contributed by atoms with Gasteiger partial charge in [-0.15, -0.1) is 0 Å². The summed E-state index contributed by atoms with van der Waals surface area (Å²) in [6.07, 6.45) is -1.30. The summed E-state index contributed by atoms with van der Waals surface area (Å²) in [5, 5.41) is 14.6. The molecule has 18 heteroatoms. The van der Waals surface area contributed by atoms with E-state index in [1.54, 1.807) is 12.1 Å². The fourth-order valence-electron chi connectivity index (χ4n) is 7.72. The number of nitrogens with zero attached hydrogens (tertiary/aromatic N) is 3. The van der Waals surface area contributed by atoms with Crippen molar-refractivity contribution < 1.29 is 41.8 Å². The maximum Gasteiger partial charge on any atom is 0.422 e. The van der Waals surface area contributed by atoms with Crippen LogP contribution in [0.5, 0.6) is 6.01 Å². The number of fused-ring (bicyclic) bond motifs is 2. The molecule has 3 amide bonds. The Morgan fingerprint density at radius 2 is 1.62 bits per heavy atom. The monoisotopic (exact) mass is 800 g/mol. The van der Waals surface area contributed by atoms with Crippen molar-refractivity contribution in [1.29, 1.82) is 0 Å². The first-order chi connectivity index (χ1) is 26.5. The summed E-state index contributed by atoms with van der Waals surface area (Å²) in [5.74, 6) is -1.86. The number of ether oxygens (including phenoxy) is 2. The number of hydrogen-bond donors (Lipinski definition) is 5. The van der Waals surface area contributed by atoms with Crippen LogP contribution >= 0.6 is 11.6 Å². The molecule has 4 aliphatic carbocycles. The zero-order valence-electron chi connectivity index (χ0n) is 31.3. The SMILES string of the molecule is COC(=O)[C@H](CCNC(=O)C(=O)N[C@H]1C[C@@H]2C[C@@H]([C@@H]1C)C2(C)C)NC(=O)c1ccc(Nc2nc(NC3(c4ccc(Cl)cc4)CC3)nc(OCC(F)(F)F)n2)cc1. The number of anilines is 3. The van der Waals surface area contributed by atoms with E-state index in [9.17, 15) is 32.3 Å². The molecule has 2 bridgehead atoms. The van der Waals surface area contributed by atoms with Gasteiger partial charge in [-0.1, -0.05) is 44.5 Å². The highest BCUT2D eigenvalue weighted by molar-refractivity contribution is 6.35. The number of carbonyl (C=O) groups excluding carboxylic acids is 4. The third-order valence-corrected chi connectivity index (χ3v) is 11.5. The minimum atomic E-state index is -4.63. The Bertz CT molecular complexity index is 1940. The van der Waals surface area contributed by atoms with E-state index in [-0.39, 0.29) is 47.8 Å². The lowest BCUT2D eigenvalue weighted by Crippen LogP contribution is -2.61. The second-order valence-corrected chi connectivity index (χ2v) is 15.7. The first-order valence-electron chi connectivity index (χ1n) is 18.3. The minimum absolute atomic E-state index is 0.0203. The average Bonchev–Trinajstić information content (AvgIpc) is 3.93. The average molecular weight is 801 g/mol. The highest BCUT2D eigenvalue weighted by atomic mass is 35.5. The smallest absolute Gasteiger partial charge is 0.422 e. The Morgan fingerprint density at radius 1 is 0.946 bits per heavy atom. The van der Waals surface area contributed by atoms with Gasteiger partial charge in [0.05, 0.1) is 12.6 Å². The largest absolute Gasteiger partial charge is 0.467 e. The van der Waals surface area contributed by atoms with Crippen molar-refractivity contribution in [2.24, 2.45) is 23.2 Å². The second kappa shape index (κ2) is 16.1. The van der Waals surface area contributed by atoms with E-state index < -0.39 is 54.1 Å². The van der Waals surface area contributed by atoms with Gasteiger partial charge in [-0.3, -0.25) is 14.4 Å². The van der Waals surface area contributed by atoms with Crippen LogP contribution in [-0.2, 0) is 24.7 Å². The van der Waals surface area contributed by atoms with E-state index in [1.165, 1.54) is 24.3 Å². The summed E-state index contributed by atoms with van der Waals surface area (Å²) in [6, 6.07) is 11.2. The number of hydrogen-bond acceptors (Lipinski definition) is 11. The van der Waals surface area contributed by atoms with Crippen molar-refractivity contribution in [3.05, 3.63) is 64.7 Å². The van der Waals surface area contributed by atoms with Crippen molar-refractivity contribution in [3.8, 4) is 6.01 Å². The molecule has 1 aromatic heterocycles. The maximum absolute atomic E-state index is 13.1. The van der Waals surface area contributed by atoms with Crippen LogP contribution in [0.15, 0.2) is 48.5 Å². The summed E-state index contributed by atoms with van der Waals surface area (Å²) in [4.78, 5) is 63.3. The summed E-state index contributed by atoms with van der Waals surface area (Å²) < 4.78 is 48.6. The molecule has 5 atom stereocenters. The molecular weight excluding hydrogens is 757 g/mol. The molecule has 7 rings (SSSR count). The first-order valence-corrected chi connectivity index (χ1v) is 18.7. The van der Waals surface area contributed by atoms with Gasteiger partial charge in [-0.25, -0.2) is 4.79 Å². The molecule has 56 heavy (non-hydrogen) atoms. The summed E-state index contributed by atoms with van der Waals surface area (Å²) in [7, 11) is 1.16. The van der Waals surface area contributed by atoms with E-state index in [0.717, 1.165) is 25.5 Å². The number of alkyl halides is 3. The van der Waals surface area contributed by atoms with Crippen LogP contribution in [-0.4, -0.2) is 77.2 Å².